The van der Waals surface area contributed by atoms with Crippen LogP contribution in [0.2, 0.25) is 0 Å². The molecular weight excluding hydrogens is 138 g/mol. The second kappa shape index (κ2) is 3.22. The molecule has 1 aliphatic rings. The predicted molar refractivity (Wildman–Crippen MR) is 47.5 cm³/mol. The van der Waals surface area contributed by atoms with Gasteiger partial charge >= 0.3 is 0 Å². The van der Waals surface area contributed by atoms with Crippen molar-refractivity contribution in [1.29, 1.82) is 0 Å². The summed E-state index contributed by atoms with van der Waals surface area (Å²) in [6.45, 7) is 9.80. The lowest BCUT2D eigenvalue weighted by Gasteiger charge is -2.26. The van der Waals surface area contributed by atoms with Crippen LogP contribution < -0.4 is 5.73 Å². The van der Waals surface area contributed by atoms with Gasteiger partial charge < -0.3 is 10.6 Å². The Morgan fingerprint density at radius 1 is 1.64 bits per heavy atom. The molecule has 0 saturated carbocycles. The van der Waals surface area contributed by atoms with Crippen LogP contribution in [0.5, 0.6) is 0 Å². The van der Waals surface area contributed by atoms with Gasteiger partial charge in [0.15, 0.2) is 0 Å². The maximum absolute atomic E-state index is 5.73. The Morgan fingerprint density at radius 2 is 2.27 bits per heavy atom. The highest BCUT2D eigenvalue weighted by atomic mass is 15.3. The van der Waals surface area contributed by atoms with E-state index in [0.29, 0.717) is 0 Å². The Labute approximate surface area is 68.3 Å². The van der Waals surface area contributed by atoms with E-state index in [1.807, 2.05) is 6.92 Å². The molecule has 0 aromatic rings. The first kappa shape index (κ1) is 8.53. The number of amidine groups is 1. The molecule has 11 heavy (non-hydrogen) atoms. The zero-order valence-electron chi connectivity index (χ0n) is 7.25. The van der Waals surface area contributed by atoms with Gasteiger partial charge in [0.25, 0.3) is 0 Å². The third-order valence-electron chi connectivity index (χ3n) is 1.85. The zero-order valence-corrected chi connectivity index (χ0v) is 7.25. The van der Waals surface area contributed by atoms with E-state index in [4.69, 9.17) is 5.73 Å². The fourth-order valence-corrected chi connectivity index (χ4v) is 1.33. The van der Waals surface area contributed by atoms with Crippen LogP contribution in [-0.4, -0.2) is 35.9 Å². The first-order valence-corrected chi connectivity index (χ1v) is 4.02. The van der Waals surface area contributed by atoms with Gasteiger partial charge in [-0.1, -0.05) is 0 Å². The molecule has 3 nitrogen and oxygen atoms in total. The molecule has 0 saturated heterocycles. The number of hydrogen-bond donors (Lipinski definition) is 1. The Morgan fingerprint density at radius 3 is 2.64 bits per heavy atom. The molecule has 3 heteroatoms. The molecule has 1 radical (unpaired) electrons. The normalized spacial score (nSPS) is 20.8. The van der Waals surface area contributed by atoms with Crippen molar-refractivity contribution in [3.63, 3.8) is 0 Å². The van der Waals surface area contributed by atoms with Crippen molar-refractivity contribution in [2.24, 2.45) is 10.7 Å². The van der Waals surface area contributed by atoms with E-state index in [2.05, 4.69) is 23.7 Å². The van der Waals surface area contributed by atoms with Crippen molar-refractivity contribution in [3.05, 3.63) is 6.92 Å². The Kier molecular flexibility index (Phi) is 2.49. The maximum Gasteiger partial charge on any atom is 0.116 e. The monoisotopic (exact) mass is 154 g/mol. The van der Waals surface area contributed by atoms with Crippen molar-refractivity contribution in [1.82, 2.24) is 4.90 Å². The highest BCUT2D eigenvalue weighted by Gasteiger charge is 2.21. The zero-order chi connectivity index (χ0) is 8.43. The van der Waals surface area contributed by atoms with E-state index in [0.717, 1.165) is 18.9 Å². The fraction of sp³-hybridized carbons (Fsp3) is 0.750. The number of rotatable bonds is 2. The summed E-state index contributed by atoms with van der Waals surface area (Å²) in [7, 11) is 0. The lowest BCUT2D eigenvalue weighted by Crippen LogP contribution is -2.43. The summed E-state index contributed by atoms with van der Waals surface area (Å²) >= 11 is 0. The van der Waals surface area contributed by atoms with Gasteiger partial charge in [-0.3, -0.25) is 4.99 Å². The third-order valence-corrected chi connectivity index (χ3v) is 1.85. The van der Waals surface area contributed by atoms with Gasteiger partial charge in [0.1, 0.15) is 5.84 Å². The summed E-state index contributed by atoms with van der Waals surface area (Å²) in [5.41, 5.74) is 5.73. The molecule has 2 unspecified atom stereocenters. The second-order valence-corrected chi connectivity index (χ2v) is 3.07. The van der Waals surface area contributed by atoms with Gasteiger partial charge in [-0.05, 0) is 20.8 Å². The molecule has 0 spiro atoms. The summed E-state index contributed by atoms with van der Waals surface area (Å²) in [4.78, 5) is 6.47. The largest absolute Gasteiger partial charge is 0.355 e. The molecule has 2 N–H and O–H groups in total. The van der Waals surface area contributed by atoms with E-state index in [1.165, 1.54) is 0 Å². The molecule has 0 bridgehead atoms. The molecule has 0 fully saturated rings. The van der Waals surface area contributed by atoms with Gasteiger partial charge in [-0.15, -0.1) is 0 Å². The highest BCUT2D eigenvalue weighted by molar-refractivity contribution is 5.88. The first-order valence-electron chi connectivity index (χ1n) is 4.02. The van der Waals surface area contributed by atoms with Crippen LogP contribution in [0, 0.1) is 6.92 Å². The molecule has 63 valence electrons. The van der Waals surface area contributed by atoms with Gasteiger partial charge in [-0.2, -0.15) is 0 Å². The summed E-state index contributed by atoms with van der Waals surface area (Å²) in [5, 5.41) is 0. The molecule has 1 aliphatic heterocycles. The first-order chi connectivity index (χ1) is 5.13. The van der Waals surface area contributed by atoms with Gasteiger partial charge in [0.2, 0.25) is 0 Å². The minimum absolute atomic E-state index is 0.0432. The quantitative estimate of drug-likeness (QED) is 0.620. The average Bonchev–Trinajstić information content (AvgIpc) is 2.32. The summed E-state index contributed by atoms with van der Waals surface area (Å²) in [6.07, 6.45) is 0. The smallest absolute Gasteiger partial charge is 0.116 e. The van der Waals surface area contributed by atoms with Gasteiger partial charge in [0, 0.05) is 12.6 Å². The standard InChI is InChI=1S/C8H16N3/c1-6(2)11-5-4-10-8(11)7(3)9/h6-7H,1,4-5,9H2,2-3H3. The van der Waals surface area contributed by atoms with Gasteiger partial charge in [-0.25, -0.2) is 0 Å². The van der Waals surface area contributed by atoms with Crippen molar-refractivity contribution in [2.45, 2.75) is 25.9 Å². The fourth-order valence-electron chi connectivity index (χ4n) is 1.33. The van der Waals surface area contributed by atoms with E-state index in [-0.39, 0.29) is 12.1 Å². The highest BCUT2D eigenvalue weighted by Crippen LogP contribution is 2.07. The van der Waals surface area contributed by atoms with Crippen molar-refractivity contribution in [2.75, 3.05) is 13.1 Å². The average molecular weight is 154 g/mol. The van der Waals surface area contributed by atoms with E-state index in [1.54, 1.807) is 0 Å². The van der Waals surface area contributed by atoms with Crippen LogP contribution in [0.4, 0.5) is 0 Å². The molecule has 1 rings (SSSR count). The Bertz CT molecular complexity index is 161. The Balaban J connectivity index is 2.63. The van der Waals surface area contributed by atoms with Crippen LogP contribution in [-0.2, 0) is 0 Å². The van der Waals surface area contributed by atoms with Crippen LogP contribution in [0.1, 0.15) is 13.8 Å². The third kappa shape index (κ3) is 1.71. The van der Waals surface area contributed by atoms with E-state index < -0.39 is 0 Å². The van der Waals surface area contributed by atoms with Crippen molar-refractivity contribution < 1.29 is 0 Å². The molecular formula is C8H16N3. The number of nitrogens with zero attached hydrogens (tertiary/aromatic N) is 2. The molecule has 0 aliphatic carbocycles. The maximum atomic E-state index is 5.73. The number of hydrogen-bond acceptors (Lipinski definition) is 3. The van der Waals surface area contributed by atoms with Crippen molar-refractivity contribution >= 4 is 5.84 Å². The summed E-state index contributed by atoms with van der Waals surface area (Å²) < 4.78 is 0. The van der Waals surface area contributed by atoms with E-state index in [9.17, 15) is 0 Å². The topological polar surface area (TPSA) is 41.6 Å². The molecule has 1 heterocycles. The SMILES string of the molecule is [CH2]C(C)N1CCN=C1C(C)N. The lowest BCUT2D eigenvalue weighted by atomic mass is 10.2. The molecule has 0 aromatic heterocycles. The summed E-state index contributed by atoms with van der Waals surface area (Å²) in [6, 6.07) is 0.323. The molecule has 0 aromatic carbocycles. The second-order valence-electron chi connectivity index (χ2n) is 3.07. The summed E-state index contributed by atoms with van der Waals surface area (Å²) in [5.74, 6) is 1.01. The van der Waals surface area contributed by atoms with Crippen LogP contribution in [0.15, 0.2) is 4.99 Å². The van der Waals surface area contributed by atoms with E-state index >= 15 is 0 Å². The van der Waals surface area contributed by atoms with Gasteiger partial charge in [0.05, 0.1) is 12.6 Å². The molecule has 0 amide bonds. The van der Waals surface area contributed by atoms with Crippen LogP contribution in [0.25, 0.3) is 0 Å². The lowest BCUT2D eigenvalue weighted by molar-refractivity contribution is 0.398. The van der Waals surface area contributed by atoms with Crippen molar-refractivity contribution in [3.8, 4) is 0 Å². The molecule has 2 atom stereocenters. The minimum atomic E-state index is 0.0432. The minimum Gasteiger partial charge on any atom is -0.355 e. The predicted octanol–water partition coefficient (Wildman–Crippen LogP) is 0.270. The Hall–Kier alpha value is -0.570. The van der Waals surface area contributed by atoms with Crippen LogP contribution in [0.3, 0.4) is 0 Å². The van der Waals surface area contributed by atoms with Crippen LogP contribution >= 0.6 is 0 Å². The number of aliphatic imine (C=N–C) groups is 1. The number of nitrogens with two attached hydrogens (primary N) is 1.